The molecule has 2 aromatic carbocycles. The summed E-state index contributed by atoms with van der Waals surface area (Å²) in [6.45, 7) is 4.35. The molecule has 0 radical (unpaired) electrons. The number of hydrogen-bond donors (Lipinski definition) is 2. The topological polar surface area (TPSA) is 81.4 Å². The lowest BCUT2D eigenvalue weighted by Crippen LogP contribution is -2.50. The monoisotopic (exact) mass is 312 g/mol. The van der Waals surface area contributed by atoms with Gasteiger partial charge in [-0.3, -0.25) is 15.3 Å². The Morgan fingerprint density at radius 2 is 1.74 bits per heavy atom. The zero-order valence-corrected chi connectivity index (χ0v) is 13.2. The number of nitrogens with one attached hydrogen (secondary N) is 1. The van der Waals surface area contributed by atoms with E-state index in [2.05, 4.69) is 19.2 Å². The summed E-state index contributed by atoms with van der Waals surface area (Å²) in [5, 5.41) is 2.68. The second-order valence-electron chi connectivity index (χ2n) is 5.55. The van der Waals surface area contributed by atoms with Crippen molar-refractivity contribution in [2.24, 2.45) is 5.73 Å². The first-order valence-electron chi connectivity index (χ1n) is 7.34. The molecule has 2 aromatic rings. The highest BCUT2D eigenvalue weighted by molar-refractivity contribution is 5.98. The van der Waals surface area contributed by atoms with Crippen molar-refractivity contribution in [3.8, 4) is 0 Å². The first-order valence-corrected chi connectivity index (χ1v) is 7.34. The number of rotatable bonds is 6. The highest BCUT2D eigenvalue weighted by Crippen LogP contribution is 2.23. The molecule has 1 unspecified atom stereocenters. The Labute approximate surface area is 135 Å². The Bertz CT molecular complexity index is 668. The quantitative estimate of drug-likeness (QED) is 0.635. The van der Waals surface area contributed by atoms with E-state index in [1.54, 1.807) is 42.5 Å². The van der Waals surface area contributed by atoms with Gasteiger partial charge in [-0.05, 0) is 23.6 Å². The highest BCUT2D eigenvalue weighted by Gasteiger charge is 2.38. The van der Waals surface area contributed by atoms with E-state index in [0.717, 1.165) is 5.56 Å². The summed E-state index contributed by atoms with van der Waals surface area (Å²) in [6, 6.07) is 15.9. The van der Waals surface area contributed by atoms with Gasteiger partial charge >= 0.3 is 0 Å². The first kappa shape index (κ1) is 16.7. The van der Waals surface area contributed by atoms with Crippen molar-refractivity contribution in [2.45, 2.75) is 25.5 Å². The van der Waals surface area contributed by atoms with E-state index in [4.69, 9.17) is 10.5 Å². The van der Waals surface area contributed by atoms with E-state index in [1.807, 2.05) is 12.1 Å². The SMILES string of the molecule is CC(C)c1ccc(NC(=O)C(N)(OC=O)c2ccccc2)cc1. The molecular weight excluding hydrogens is 292 g/mol. The molecule has 5 nitrogen and oxygen atoms in total. The molecule has 120 valence electrons. The van der Waals surface area contributed by atoms with E-state index in [1.165, 1.54) is 0 Å². The number of ether oxygens (including phenoxy) is 1. The molecule has 0 heterocycles. The van der Waals surface area contributed by atoms with Crippen molar-refractivity contribution in [2.75, 3.05) is 5.32 Å². The number of benzene rings is 2. The van der Waals surface area contributed by atoms with Crippen LogP contribution in [0.2, 0.25) is 0 Å². The second-order valence-corrected chi connectivity index (χ2v) is 5.55. The van der Waals surface area contributed by atoms with Crippen LogP contribution in [-0.4, -0.2) is 12.4 Å². The largest absolute Gasteiger partial charge is 0.432 e. The lowest BCUT2D eigenvalue weighted by Gasteiger charge is -2.26. The maximum absolute atomic E-state index is 12.5. The molecule has 0 saturated heterocycles. The molecule has 0 aliphatic rings. The number of amides is 1. The van der Waals surface area contributed by atoms with Crippen LogP contribution in [0.1, 0.15) is 30.9 Å². The first-order chi connectivity index (χ1) is 11.0. The van der Waals surface area contributed by atoms with Crippen molar-refractivity contribution in [3.63, 3.8) is 0 Å². The second kappa shape index (κ2) is 7.07. The molecular formula is C18H20N2O3. The van der Waals surface area contributed by atoms with Crippen LogP contribution in [-0.2, 0) is 20.1 Å². The van der Waals surface area contributed by atoms with Gasteiger partial charge in [0, 0.05) is 11.3 Å². The Balaban J connectivity index is 2.23. The minimum atomic E-state index is -1.88. The summed E-state index contributed by atoms with van der Waals surface area (Å²) >= 11 is 0. The number of nitrogens with two attached hydrogens (primary N) is 1. The van der Waals surface area contributed by atoms with Crippen molar-refractivity contribution in [1.29, 1.82) is 0 Å². The third kappa shape index (κ3) is 3.76. The van der Waals surface area contributed by atoms with E-state index >= 15 is 0 Å². The van der Waals surface area contributed by atoms with Gasteiger partial charge in [-0.1, -0.05) is 56.3 Å². The summed E-state index contributed by atoms with van der Waals surface area (Å²) in [4.78, 5) is 23.3. The van der Waals surface area contributed by atoms with Gasteiger partial charge in [0.05, 0.1) is 0 Å². The fourth-order valence-corrected chi connectivity index (χ4v) is 2.19. The molecule has 0 bridgehead atoms. The molecule has 3 N–H and O–H groups in total. The van der Waals surface area contributed by atoms with Gasteiger partial charge in [-0.2, -0.15) is 0 Å². The maximum atomic E-state index is 12.5. The van der Waals surface area contributed by atoms with Gasteiger partial charge in [0.1, 0.15) is 0 Å². The van der Waals surface area contributed by atoms with Crippen LogP contribution in [0.3, 0.4) is 0 Å². The van der Waals surface area contributed by atoms with E-state index in [-0.39, 0.29) is 6.47 Å². The normalized spacial score (nSPS) is 13.2. The lowest BCUT2D eigenvalue weighted by molar-refractivity contribution is -0.155. The lowest BCUT2D eigenvalue weighted by atomic mass is 10.0. The fraction of sp³-hybridized carbons (Fsp3) is 0.222. The number of carbonyl (C=O) groups is 2. The van der Waals surface area contributed by atoms with Crippen LogP contribution >= 0.6 is 0 Å². The Morgan fingerprint density at radius 3 is 2.26 bits per heavy atom. The average Bonchev–Trinajstić information content (AvgIpc) is 2.56. The van der Waals surface area contributed by atoms with Crippen LogP contribution in [0.4, 0.5) is 5.69 Å². The smallest absolute Gasteiger partial charge is 0.295 e. The Hall–Kier alpha value is -2.66. The maximum Gasteiger partial charge on any atom is 0.295 e. The predicted molar refractivity (Wildman–Crippen MR) is 88.6 cm³/mol. The highest BCUT2D eigenvalue weighted by atomic mass is 16.6. The minimum absolute atomic E-state index is 0.175. The van der Waals surface area contributed by atoms with Crippen LogP contribution in [0.5, 0.6) is 0 Å². The van der Waals surface area contributed by atoms with Gasteiger partial charge in [0.25, 0.3) is 18.1 Å². The molecule has 0 aliphatic carbocycles. The molecule has 0 fully saturated rings. The molecule has 0 saturated carbocycles. The standard InChI is InChI=1S/C18H20N2O3/c1-13(2)14-8-10-16(11-9-14)20-17(22)18(19,23-12-21)15-6-4-3-5-7-15/h3-13H,19H2,1-2H3,(H,20,22). The molecule has 1 amide bonds. The Morgan fingerprint density at radius 1 is 1.13 bits per heavy atom. The third-order valence-corrected chi connectivity index (χ3v) is 3.61. The van der Waals surface area contributed by atoms with Crippen LogP contribution in [0, 0.1) is 0 Å². The molecule has 0 aliphatic heterocycles. The van der Waals surface area contributed by atoms with E-state index in [0.29, 0.717) is 17.2 Å². The van der Waals surface area contributed by atoms with Crippen molar-refractivity contribution < 1.29 is 14.3 Å². The fourth-order valence-electron chi connectivity index (χ4n) is 2.19. The summed E-state index contributed by atoms with van der Waals surface area (Å²) < 4.78 is 4.90. The summed E-state index contributed by atoms with van der Waals surface area (Å²) in [7, 11) is 0. The van der Waals surface area contributed by atoms with Gasteiger partial charge in [0.2, 0.25) is 0 Å². The number of hydrogen-bond acceptors (Lipinski definition) is 4. The molecule has 1 atom stereocenters. The molecule has 2 rings (SSSR count). The van der Waals surface area contributed by atoms with Crippen molar-refractivity contribution in [1.82, 2.24) is 0 Å². The van der Waals surface area contributed by atoms with Crippen molar-refractivity contribution in [3.05, 3.63) is 65.7 Å². The number of carbonyl (C=O) groups excluding carboxylic acids is 2. The zero-order valence-electron chi connectivity index (χ0n) is 13.2. The van der Waals surface area contributed by atoms with Gasteiger partial charge < -0.3 is 10.1 Å². The van der Waals surface area contributed by atoms with Gasteiger partial charge in [-0.15, -0.1) is 0 Å². The Kier molecular flexibility index (Phi) is 5.13. The van der Waals surface area contributed by atoms with Crippen molar-refractivity contribution >= 4 is 18.1 Å². The zero-order chi connectivity index (χ0) is 16.9. The molecule has 5 heteroatoms. The van der Waals surface area contributed by atoms with Crippen LogP contribution in [0.25, 0.3) is 0 Å². The molecule has 0 aromatic heterocycles. The third-order valence-electron chi connectivity index (χ3n) is 3.61. The van der Waals surface area contributed by atoms with E-state index in [9.17, 15) is 9.59 Å². The summed E-state index contributed by atoms with van der Waals surface area (Å²) in [5.74, 6) is -0.218. The van der Waals surface area contributed by atoms with Crippen LogP contribution in [0.15, 0.2) is 54.6 Å². The molecule has 0 spiro atoms. The molecule has 23 heavy (non-hydrogen) atoms. The van der Waals surface area contributed by atoms with E-state index < -0.39 is 11.6 Å². The van der Waals surface area contributed by atoms with Gasteiger partial charge in [-0.25, -0.2) is 0 Å². The number of anilines is 1. The van der Waals surface area contributed by atoms with Crippen LogP contribution < -0.4 is 11.1 Å². The average molecular weight is 312 g/mol. The summed E-state index contributed by atoms with van der Waals surface area (Å²) in [5.41, 5.74) is 6.29. The van der Waals surface area contributed by atoms with Gasteiger partial charge in [0.15, 0.2) is 0 Å². The summed E-state index contributed by atoms with van der Waals surface area (Å²) in [6.07, 6.45) is 0. The predicted octanol–water partition coefficient (Wildman–Crippen LogP) is 2.73. The minimum Gasteiger partial charge on any atom is -0.432 e.